The van der Waals surface area contributed by atoms with Crippen molar-refractivity contribution in [1.29, 1.82) is 0 Å². The van der Waals surface area contributed by atoms with Gasteiger partial charge in [0.2, 0.25) is 5.91 Å². The molecule has 6 heteroatoms. The van der Waals surface area contributed by atoms with Gasteiger partial charge in [0.05, 0.1) is 13.2 Å². The van der Waals surface area contributed by atoms with Crippen LogP contribution in [-0.2, 0) is 19.1 Å². The normalized spacial score (nSPS) is 15.8. The van der Waals surface area contributed by atoms with Crippen molar-refractivity contribution in [3.8, 4) is 0 Å². The molecule has 0 atom stereocenters. The van der Waals surface area contributed by atoms with Gasteiger partial charge in [0.15, 0.2) is 0 Å². The lowest BCUT2D eigenvalue weighted by atomic mass is 10.3. The standard InChI is InChI=1S/C9H12N2O4/c1-6-4-8(13)11(9(6)14)2-3-15-5-7(10)12/h4H,2-3,5H2,1H3,(H2,10,12). The van der Waals surface area contributed by atoms with Gasteiger partial charge in [-0.1, -0.05) is 0 Å². The number of hydrogen-bond donors (Lipinski definition) is 1. The van der Waals surface area contributed by atoms with Crippen LogP contribution in [-0.4, -0.2) is 42.4 Å². The number of carbonyl (C=O) groups is 3. The monoisotopic (exact) mass is 212 g/mol. The maximum absolute atomic E-state index is 11.3. The second-order valence-corrected chi connectivity index (χ2v) is 3.14. The predicted octanol–water partition coefficient (Wildman–Crippen LogP) is -1.20. The third-order valence-electron chi connectivity index (χ3n) is 1.89. The molecule has 2 N–H and O–H groups in total. The number of ether oxygens (including phenoxy) is 1. The fraction of sp³-hybridized carbons (Fsp3) is 0.444. The van der Waals surface area contributed by atoms with Crippen LogP contribution in [0.2, 0.25) is 0 Å². The van der Waals surface area contributed by atoms with Gasteiger partial charge in [0.25, 0.3) is 11.8 Å². The van der Waals surface area contributed by atoms with Crippen LogP contribution in [0.4, 0.5) is 0 Å². The van der Waals surface area contributed by atoms with Crippen molar-refractivity contribution in [2.75, 3.05) is 19.8 Å². The van der Waals surface area contributed by atoms with E-state index in [4.69, 9.17) is 10.5 Å². The predicted molar refractivity (Wildman–Crippen MR) is 50.5 cm³/mol. The summed E-state index contributed by atoms with van der Waals surface area (Å²) in [5, 5.41) is 0. The highest BCUT2D eigenvalue weighted by molar-refractivity contribution is 6.15. The van der Waals surface area contributed by atoms with Crippen LogP contribution in [0, 0.1) is 0 Å². The molecule has 0 aromatic heterocycles. The first-order chi connectivity index (χ1) is 7.02. The van der Waals surface area contributed by atoms with E-state index >= 15 is 0 Å². The van der Waals surface area contributed by atoms with Gasteiger partial charge in [-0.25, -0.2) is 0 Å². The number of carbonyl (C=O) groups excluding carboxylic acids is 3. The lowest BCUT2D eigenvalue weighted by molar-refractivity contribution is -0.138. The fourth-order valence-electron chi connectivity index (χ4n) is 1.18. The molecule has 0 radical (unpaired) electrons. The van der Waals surface area contributed by atoms with Crippen molar-refractivity contribution in [3.63, 3.8) is 0 Å². The highest BCUT2D eigenvalue weighted by atomic mass is 16.5. The largest absolute Gasteiger partial charge is 0.370 e. The molecule has 0 saturated carbocycles. The Hall–Kier alpha value is -1.69. The minimum atomic E-state index is -0.580. The van der Waals surface area contributed by atoms with E-state index < -0.39 is 5.91 Å². The Morgan fingerprint density at radius 1 is 1.53 bits per heavy atom. The Balaban J connectivity index is 2.32. The first-order valence-corrected chi connectivity index (χ1v) is 4.42. The van der Waals surface area contributed by atoms with E-state index in [0.29, 0.717) is 5.57 Å². The number of amides is 3. The third-order valence-corrected chi connectivity index (χ3v) is 1.89. The van der Waals surface area contributed by atoms with E-state index in [-0.39, 0.29) is 31.6 Å². The SMILES string of the molecule is CC1=CC(=O)N(CCOCC(N)=O)C1=O. The van der Waals surface area contributed by atoms with E-state index in [1.54, 1.807) is 6.92 Å². The molecule has 3 amide bonds. The van der Waals surface area contributed by atoms with Gasteiger partial charge in [0, 0.05) is 11.6 Å². The van der Waals surface area contributed by atoms with Crippen LogP contribution in [0.1, 0.15) is 6.92 Å². The van der Waals surface area contributed by atoms with Crippen molar-refractivity contribution in [3.05, 3.63) is 11.6 Å². The number of imide groups is 1. The number of hydrogen-bond acceptors (Lipinski definition) is 4. The Bertz CT molecular complexity index is 335. The van der Waals surface area contributed by atoms with Crippen molar-refractivity contribution < 1.29 is 19.1 Å². The van der Waals surface area contributed by atoms with E-state index in [1.807, 2.05) is 0 Å². The third kappa shape index (κ3) is 2.88. The average molecular weight is 212 g/mol. The molecule has 82 valence electrons. The zero-order chi connectivity index (χ0) is 11.4. The molecule has 1 rings (SSSR count). The molecule has 0 saturated heterocycles. The van der Waals surface area contributed by atoms with Crippen LogP contribution < -0.4 is 5.73 Å². The number of rotatable bonds is 5. The second-order valence-electron chi connectivity index (χ2n) is 3.14. The molecule has 1 aliphatic rings. The van der Waals surface area contributed by atoms with E-state index in [9.17, 15) is 14.4 Å². The van der Waals surface area contributed by atoms with Gasteiger partial charge in [-0.3, -0.25) is 19.3 Å². The minimum Gasteiger partial charge on any atom is -0.370 e. The Labute approximate surface area is 86.7 Å². The van der Waals surface area contributed by atoms with Crippen molar-refractivity contribution in [1.82, 2.24) is 4.90 Å². The quantitative estimate of drug-likeness (QED) is 0.458. The highest BCUT2D eigenvalue weighted by Crippen LogP contribution is 2.10. The maximum Gasteiger partial charge on any atom is 0.256 e. The van der Waals surface area contributed by atoms with Gasteiger partial charge in [-0.2, -0.15) is 0 Å². The lowest BCUT2D eigenvalue weighted by Crippen LogP contribution is -2.34. The molecule has 0 aromatic carbocycles. The Kier molecular flexibility index (Phi) is 3.56. The van der Waals surface area contributed by atoms with E-state index in [0.717, 1.165) is 4.90 Å². The zero-order valence-corrected chi connectivity index (χ0v) is 8.36. The average Bonchev–Trinajstić information content (AvgIpc) is 2.37. The van der Waals surface area contributed by atoms with Crippen LogP contribution >= 0.6 is 0 Å². The van der Waals surface area contributed by atoms with E-state index in [1.165, 1.54) is 6.08 Å². The second kappa shape index (κ2) is 4.70. The van der Waals surface area contributed by atoms with Gasteiger partial charge >= 0.3 is 0 Å². The minimum absolute atomic E-state index is 0.113. The molecule has 0 unspecified atom stereocenters. The zero-order valence-electron chi connectivity index (χ0n) is 8.36. The summed E-state index contributed by atoms with van der Waals surface area (Å²) < 4.78 is 4.85. The highest BCUT2D eigenvalue weighted by Gasteiger charge is 2.27. The van der Waals surface area contributed by atoms with Gasteiger partial charge < -0.3 is 10.5 Å². The molecule has 0 aromatic rings. The summed E-state index contributed by atoms with van der Waals surface area (Å²) in [6.07, 6.45) is 1.27. The first kappa shape index (κ1) is 11.4. The number of primary amides is 1. The number of nitrogens with zero attached hydrogens (tertiary/aromatic N) is 1. The molecule has 0 fully saturated rings. The summed E-state index contributed by atoms with van der Waals surface area (Å²) >= 11 is 0. The first-order valence-electron chi connectivity index (χ1n) is 4.42. The summed E-state index contributed by atoms with van der Waals surface area (Å²) in [5.41, 5.74) is 5.25. The topological polar surface area (TPSA) is 89.7 Å². The van der Waals surface area contributed by atoms with Gasteiger partial charge in [-0.15, -0.1) is 0 Å². The molecular weight excluding hydrogens is 200 g/mol. The van der Waals surface area contributed by atoms with Crippen LogP contribution in [0.25, 0.3) is 0 Å². The van der Waals surface area contributed by atoms with Crippen molar-refractivity contribution in [2.45, 2.75) is 6.92 Å². The number of nitrogens with two attached hydrogens (primary N) is 1. The molecule has 0 spiro atoms. The van der Waals surface area contributed by atoms with Crippen LogP contribution in [0.15, 0.2) is 11.6 Å². The summed E-state index contributed by atoms with van der Waals surface area (Å²) in [7, 11) is 0. The molecule has 1 aliphatic heterocycles. The maximum atomic E-state index is 11.3. The summed E-state index contributed by atoms with van der Waals surface area (Å²) in [5.74, 6) is -1.24. The van der Waals surface area contributed by atoms with Crippen LogP contribution in [0.5, 0.6) is 0 Å². The fourth-order valence-corrected chi connectivity index (χ4v) is 1.18. The molecule has 1 heterocycles. The molecule has 0 aliphatic carbocycles. The van der Waals surface area contributed by atoms with Crippen LogP contribution in [0.3, 0.4) is 0 Å². The van der Waals surface area contributed by atoms with Gasteiger partial charge in [-0.05, 0) is 6.92 Å². The summed E-state index contributed by atoms with van der Waals surface area (Å²) in [6, 6.07) is 0. The molecule has 15 heavy (non-hydrogen) atoms. The smallest absolute Gasteiger partial charge is 0.256 e. The molecule has 6 nitrogen and oxygen atoms in total. The van der Waals surface area contributed by atoms with Crippen molar-refractivity contribution >= 4 is 17.7 Å². The summed E-state index contributed by atoms with van der Waals surface area (Å²) in [6.45, 7) is 1.62. The van der Waals surface area contributed by atoms with Crippen molar-refractivity contribution in [2.24, 2.45) is 5.73 Å². The van der Waals surface area contributed by atoms with E-state index in [2.05, 4.69) is 0 Å². The Morgan fingerprint density at radius 3 is 2.67 bits per heavy atom. The Morgan fingerprint density at radius 2 is 2.20 bits per heavy atom. The molecule has 0 bridgehead atoms. The lowest BCUT2D eigenvalue weighted by Gasteiger charge is -2.13. The van der Waals surface area contributed by atoms with Gasteiger partial charge in [0.1, 0.15) is 6.61 Å². The molecular formula is C9H12N2O4. The summed E-state index contributed by atoms with van der Waals surface area (Å²) in [4.78, 5) is 33.9.